The first kappa shape index (κ1) is 16.8. The van der Waals surface area contributed by atoms with E-state index >= 15 is 0 Å². The number of hydrogen-bond donors (Lipinski definition) is 1. The number of hydrogen-bond acceptors (Lipinski definition) is 3. The maximum Gasteiger partial charge on any atom is 0.127 e. The molecule has 0 aromatic heterocycles. The second kappa shape index (κ2) is 7.22. The molecule has 3 nitrogen and oxygen atoms in total. The first-order chi connectivity index (χ1) is 12.1. The zero-order valence-electron chi connectivity index (χ0n) is 14.4. The van der Waals surface area contributed by atoms with E-state index in [1.54, 1.807) is 0 Å². The van der Waals surface area contributed by atoms with E-state index in [0.717, 1.165) is 17.1 Å². The molecule has 0 aliphatic carbocycles. The summed E-state index contributed by atoms with van der Waals surface area (Å²) in [7, 11) is 0. The quantitative estimate of drug-likeness (QED) is 0.375. The van der Waals surface area contributed by atoms with Crippen LogP contribution in [0.25, 0.3) is 0 Å². The van der Waals surface area contributed by atoms with Crippen LogP contribution in [0.1, 0.15) is 30.5 Å². The van der Waals surface area contributed by atoms with Gasteiger partial charge in [-0.1, -0.05) is 61.5 Å². The molecule has 0 atom stereocenters. The van der Waals surface area contributed by atoms with Crippen molar-refractivity contribution in [1.29, 1.82) is 0 Å². The standard InChI is InChI=1S/C22H21NO2/c1-22(2,18-6-4-3-5-7-18)19-10-14-21(15-11-19)25-20-12-8-17(9-13-20)16-23-24/h3-16,24H,1-2H3. The molecular weight excluding hydrogens is 310 g/mol. The maximum atomic E-state index is 8.54. The number of benzene rings is 3. The average molecular weight is 331 g/mol. The highest BCUT2D eigenvalue weighted by atomic mass is 16.5. The molecule has 1 N–H and O–H groups in total. The number of ether oxygens (including phenoxy) is 1. The number of nitrogens with zero attached hydrogens (tertiary/aromatic N) is 1. The summed E-state index contributed by atoms with van der Waals surface area (Å²) in [5, 5.41) is 11.5. The van der Waals surface area contributed by atoms with Crippen molar-refractivity contribution < 1.29 is 9.94 Å². The minimum Gasteiger partial charge on any atom is -0.457 e. The van der Waals surface area contributed by atoms with E-state index < -0.39 is 0 Å². The molecule has 0 saturated heterocycles. The summed E-state index contributed by atoms with van der Waals surface area (Å²) in [5.74, 6) is 1.53. The topological polar surface area (TPSA) is 41.8 Å². The second-order valence-corrected chi connectivity index (χ2v) is 6.43. The van der Waals surface area contributed by atoms with Crippen LogP contribution in [-0.4, -0.2) is 11.4 Å². The van der Waals surface area contributed by atoms with Gasteiger partial charge in [0.2, 0.25) is 0 Å². The van der Waals surface area contributed by atoms with Gasteiger partial charge >= 0.3 is 0 Å². The summed E-state index contributed by atoms with van der Waals surface area (Å²) in [6.07, 6.45) is 1.38. The Bertz CT molecular complexity index is 835. The summed E-state index contributed by atoms with van der Waals surface area (Å²) in [6.45, 7) is 4.44. The van der Waals surface area contributed by atoms with Crippen LogP contribution in [-0.2, 0) is 5.41 Å². The Morgan fingerprint density at radius 1 is 0.760 bits per heavy atom. The molecule has 126 valence electrons. The molecule has 0 amide bonds. The van der Waals surface area contributed by atoms with Crippen LogP contribution in [0.4, 0.5) is 0 Å². The lowest BCUT2D eigenvalue weighted by Gasteiger charge is -2.26. The van der Waals surface area contributed by atoms with Crippen LogP contribution < -0.4 is 4.74 Å². The van der Waals surface area contributed by atoms with E-state index in [-0.39, 0.29) is 5.41 Å². The van der Waals surface area contributed by atoms with Crippen molar-refractivity contribution in [3.8, 4) is 11.5 Å². The predicted molar refractivity (Wildman–Crippen MR) is 101 cm³/mol. The summed E-state index contributed by atoms with van der Waals surface area (Å²) in [6, 6.07) is 26.0. The lowest BCUT2D eigenvalue weighted by molar-refractivity contribution is 0.322. The summed E-state index contributed by atoms with van der Waals surface area (Å²) >= 11 is 0. The lowest BCUT2D eigenvalue weighted by atomic mass is 9.78. The average Bonchev–Trinajstić information content (AvgIpc) is 2.65. The summed E-state index contributed by atoms with van der Waals surface area (Å²) in [4.78, 5) is 0. The van der Waals surface area contributed by atoms with Crippen molar-refractivity contribution in [2.45, 2.75) is 19.3 Å². The molecule has 0 saturated carbocycles. The van der Waals surface area contributed by atoms with E-state index in [1.165, 1.54) is 17.3 Å². The van der Waals surface area contributed by atoms with Gasteiger partial charge in [-0.25, -0.2) is 0 Å². The van der Waals surface area contributed by atoms with Gasteiger partial charge in [-0.2, -0.15) is 0 Å². The smallest absolute Gasteiger partial charge is 0.127 e. The van der Waals surface area contributed by atoms with Crippen LogP contribution in [0, 0.1) is 0 Å². The molecule has 3 rings (SSSR count). The van der Waals surface area contributed by atoms with Crippen molar-refractivity contribution in [3.63, 3.8) is 0 Å². The van der Waals surface area contributed by atoms with Gasteiger partial charge in [-0.05, 0) is 53.1 Å². The normalized spacial score (nSPS) is 11.6. The van der Waals surface area contributed by atoms with Gasteiger partial charge in [0.1, 0.15) is 11.5 Å². The highest BCUT2D eigenvalue weighted by Crippen LogP contribution is 2.33. The van der Waals surface area contributed by atoms with Crippen molar-refractivity contribution >= 4 is 6.21 Å². The van der Waals surface area contributed by atoms with Crippen LogP contribution in [0.2, 0.25) is 0 Å². The molecule has 0 radical (unpaired) electrons. The molecule has 3 aromatic rings. The van der Waals surface area contributed by atoms with E-state index in [4.69, 9.17) is 9.94 Å². The van der Waals surface area contributed by atoms with Crippen LogP contribution in [0.3, 0.4) is 0 Å². The van der Waals surface area contributed by atoms with E-state index in [2.05, 4.69) is 55.4 Å². The van der Waals surface area contributed by atoms with Gasteiger partial charge in [-0.15, -0.1) is 0 Å². The van der Waals surface area contributed by atoms with E-state index in [9.17, 15) is 0 Å². The van der Waals surface area contributed by atoms with Crippen LogP contribution in [0.15, 0.2) is 84.0 Å². The largest absolute Gasteiger partial charge is 0.457 e. The Balaban J connectivity index is 1.76. The van der Waals surface area contributed by atoms with Gasteiger partial charge < -0.3 is 9.94 Å². The van der Waals surface area contributed by atoms with Crippen molar-refractivity contribution in [2.75, 3.05) is 0 Å². The molecule has 25 heavy (non-hydrogen) atoms. The predicted octanol–water partition coefficient (Wildman–Crippen LogP) is 5.61. The molecule has 0 unspecified atom stereocenters. The van der Waals surface area contributed by atoms with Crippen molar-refractivity contribution in [2.24, 2.45) is 5.16 Å². The first-order valence-electron chi connectivity index (χ1n) is 8.21. The molecule has 0 bridgehead atoms. The minimum atomic E-state index is -0.0644. The minimum absolute atomic E-state index is 0.0644. The Kier molecular flexibility index (Phi) is 4.85. The Labute approximate surface area is 148 Å². The van der Waals surface area contributed by atoms with Gasteiger partial charge in [0, 0.05) is 5.41 Å². The van der Waals surface area contributed by atoms with Crippen LogP contribution in [0.5, 0.6) is 11.5 Å². The van der Waals surface area contributed by atoms with Crippen LogP contribution >= 0.6 is 0 Å². The fourth-order valence-corrected chi connectivity index (χ4v) is 2.79. The zero-order valence-corrected chi connectivity index (χ0v) is 14.4. The van der Waals surface area contributed by atoms with Gasteiger partial charge in [-0.3, -0.25) is 0 Å². The SMILES string of the molecule is CC(C)(c1ccccc1)c1ccc(Oc2ccc(C=NO)cc2)cc1. The fourth-order valence-electron chi connectivity index (χ4n) is 2.79. The highest BCUT2D eigenvalue weighted by Gasteiger charge is 2.22. The second-order valence-electron chi connectivity index (χ2n) is 6.43. The highest BCUT2D eigenvalue weighted by molar-refractivity contribution is 5.79. The van der Waals surface area contributed by atoms with Gasteiger partial charge in [0.05, 0.1) is 6.21 Å². The van der Waals surface area contributed by atoms with Crippen molar-refractivity contribution in [3.05, 3.63) is 95.6 Å². The molecular formula is C22H21NO2. The Morgan fingerprint density at radius 3 is 1.84 bits per heavy atom. The van der Waals surface area contributed by atoms with E-state index in [0.29, 0.717) is 0 Å². The van der Waals surface area contributed by atoms with Gasteiger partial charge in [0.15, 0.2) is 0 Å². The lowest BCUT2D eigenvalue weighted by Crippen LogP contribution is -2.18. The molecule has 3 aromatic carbocycles. The Morgan fingerprint density at radius 2 is 1.28 bits per heavy atom. The third kappa shape index (κ3) is 3.89. The van der Waals surface area contributed by atoms with Gasteiger partial charge in [0.25, 0.3) is 0 Å². The molecule has 0 heterocycles. The maximum absolute atomic E-state index is 8.54. The van der Waals surface area contributed by atoms with E-state index in [1.807, 2.05) is 42.5 Å². The zero-order chi connectivity index (χ0) is 17.7. The summed E-state index contributed by atoms with van der Waals surface area (Å²) in [5.41, 5.74) is 3.27. The molecule has 0 fully saturated rings. The molecule has 0 aliphatic heterocycles. The molecule has 3 heteroatoms. The molecule has 0 aliphatic rings. The number of oxime groups is 1. The summed E-state index contributed by atoms with van der Waals surface area (Å²) < 4.78 is 5.88. The third-order valence-corrected chi connectivity index (χ3v) is 4.39. The van der Waals surface area contributed by atoms with Crippen molar-refractivity contribution in [1.82, 2.24) is 0 Å². The first-order valence-corrected chi connectivity index (χ1v) is 8.21. The monoisotopic (exact) mass is 331 g/mol. The number of rotatable bonds is 5. The third-order valence-electron chi connectivity index (χ3n) is 4.39. The molecule has 0 spiro atoms. The Hall–Kier alpha value is -3.07. The fraction of sp³-hybridized carbons (Fsp3) is 0.136.